The third kappa shape index (κ3) is 5.10. The second-order valence-electron chi connectivity index (χ2n) is 8.59. The molecule has 8 heteroatoms. The average Bonchev–Trinajstić information content (AvgIpc) is 3.48. The van der Waals surface area contributed by atoms with Crippen LogP contribution in [-0.2, 0) is 9.53 Å². The van der Waals surface area contributed by atoms with E-state index in [1.165, 1.54) is 18.9 Å². The van der Waals surface area contributed by atoms with E-state index in [2.05, 4.69) is 10.2 Å². The zero-order valence-corrected chi connectivity index (χ0v) is 17.2. The first-order valence-corrected chi connectivity index (χ1v) is 10.9. The number of nitrogens with zero attached hydrogens (tertiary/aromatic N) is 2. The van der Waals surface area contributed by atoms with Crippen molar-refractivity contribution in [1.82, 2.24) is 15.1 Å². The monoisotopic (exact) mass is 419 g/mol. The molecule has 1 aliphatic carbocycles. The Balaban J connectivity index is 1.35. The summed E-state index contributed by atoms with van der Waals surface area (Å²) < 4.78 is 18.5. The smallest absolute Gasteiger partial charge is 0.255 e. The normalized spacial score (nSPS) is 24.8. The van der Waals surface area contributed by atoms with E-state index in [0.29, 0.717) is 45.2 Å². The van der Waals surface area contributed by atoms with Crippen LogP contribution in [-0.4, -0.2) is 78.2 Å². The lowest BCUT2D eigenvalue weighted by Crippen LogP contribution is -2.47. The molecular formula is C22H30FN3O4. The molecule has 2 aliphatic heterocycles. The highest BCUT2D eigenvalue weighted by Crippen LogP contribution is 2.35. The first kappa shape index (κ1) is 21.1. The van der Waals surface area contributed by atoms with E-state index in [0.717, 1.165) is 31.5 Å². The molecule has 3 fully saturated rings. The average molecular weight is 419 g/mol. The number of benzene rings is 1. The summed E-state index contributed by atoms with van der Waals surface area (Å²) in [5, 5.41) is 12.7. The van der Waals surface area contributed by atoms with Gasteiger partial charge < -0.3 is 20.1 Å². The van der Waals surface area contributed by atoms with Crippen LogP contribution in [0.15, 0.2) is 18.2 Å². The second kappa shape index (κ2) is 9.31. The van der Waals surface area contributed by atoms with Crippen LogP contribution < -0.4 is 5.32 Å². The van der Waals surface area contributed by atoms with Crippen LogP contribution in [0.2, 0.25) is 0 Å². The standard InChI is InChI=1S/C22H30FN3O4/c23-16-3-6-19(20(27)11-16)22(29)24-13-18-5-4-17(26(18)14-15-1-2-15)12-21(28)25-7-9-30-10-8-25/h3,6,11,15,17-18,27H,1-2,4-5,7-10,12-14H2,(H,24,29)/t17-,18+/m1/s1. The number of carbonyl (C=O) groups excluding carboxylic acids is 2. The van der Waals surface area contributed by atoms with Crippen molar-refractivity contribution >= 4 is 11.8 Å². The SMILES string of the molecule is O=C(NC[C@@H]1CC[C@H](CC(=O)N2CCOCC2)N1CC1CC1)c1ccc(F)cc1O. The van der Waals surface area contributed by atoms with E-state index in [1.807, 2.05) is 4.90 Å². The summed E-state index contributed by atoms with van der Waals surface area (Å²) in [6.07, 6.45) is 4.82. The van der Waals surface area contributed by atoms with Gasteiger partial charge in [0.1, 0.15) is 11.6 Å². The quantitative estimate of drug-likeness (QED) is 0.704. The molecule has 1 saturated carbocycles. The van der Waals surface area contributed by atoms with Crippen molar-refractivity contribution in [3.05, 3.63) is 29.6 Å². The number of amides is 2. The second-order valence-corrected chi connectivity index (χ2v) is 8.59. The molecule has 0 unspecified atom stereocenters. The number of likely N-dealkylation sites (tertiary alicyclic amines) is 1. The predicted octanol–water partition coefficient (Wildman–Crippen LogP) is 1.75. The number of hydrogen-bond donors (Lipinski definition) is 2. The van der Waals surface area contributed by atoms with Crippen molar-refractivity contribution < 1.29 is 23.8 Å². The van der Waals surface area contributed by atoms with E-state index in [1.54, 1.807) is 0 Å². The van der Waals surface area contributed by atoms with Crippen molar-refractivity contribution in [3.8, 4) is 5.75 Å². The first-order chi connectivity index (χ1) is 14.5. The van der Waals surface area contributed by atoms with Crippen LogP contribution >= 0.6 is 0 Å². The Hall–Kier alpha value is -2.19. The number of rotatable bonds is 7. The zero-order chi connectivity index (χ0) is 21.1. The van der Waals surface area contributed by atoms with E-state index < -0.39 is 11.7 Å². The van der Waals surface area contributed by atoms with Gasteiger partial charge in [-0.3, -0.25) is 14.5 Å². The molecule has 30 heavy (non-hydrogen) atoms. The topological polar surface area (TPSA) is 82.1 Å². The molecule has 0 aromatic heterocycles. The van der Waals surface area contributed by atoms with Gasteiger partial charge in [-0.05, 0) is 43.7 Å². The number of carbonyl (C=O) groups is 2. The van der Waals surface area contributed by atoms with Crippen molar-refractivity contribution in [2.45, 2.75) is 44.2 Å². The maximum atomic E-state index is 13.2. The molecule has 2 amide bonds. The van der Waals surface area contributed by atoms with E-state index in [9.17, 15) is 19.1 Å². The molecule has 4 rings (SSSR count). The molecule has 2 heterocycles. The van der Waals surface area contributed by atoms with Gasteiger partial charge in [0.15, 0.2) is 0 Å². The maximum Gasteiger partial charge on any atom is 0.255 e. The Morgan fingerprint density at radius 3 is 2.57 bits per heavy atom. The molecule has 164 valence electrons. The highest BCUT2D eigenvalue weighted by Gasteiger charge is 2.38. The number of aromatic hydroxyl groups is 1. The largest absolute Gasteiger partial charge is 0.507 e. The van der Waals surface area contributed by atoms with Crippen LogP contribution in [0.4, 0.5) is 4.39 Å². The summed E-state index contributed by atoms with van der Waals surface area (Å²) in [5.41, 5.74) is 0.0715. The van der Waals surface area contributed by atoms with E-state index in [-0.39, 0.29) is 29.3 Å². The molecule has 2 atom stereocenters. The summed E-state index contributed by atoms with van der Waals surface area (Å²) in [6.45, 7) is 3.94. The van der Waals surface area contributed by atoms with E-state index >= 15 is 0 Å². The molecule has 0 radical (unpaired) electrons. The lowest BCUT2D eigenvalue weighted by atomic mass is 10.1. The Morgan fingerprint density at radius 2 is 1.87 bits per heavy atom. The number of phenolic OH excluding ortho intramolecular Hbond substituents is 1. The third-order valence-corrected chi connectivity index (χ3v) is 6.41. The van der Waals surface area contributed by atoms with Crippen LogP contribution in [0.1, 0.15) is 42.5 Å². The van der Waals surface area contributed by atoms with Gasteiger partial charge in [-0.2, -0.15) is 0 Å². The highest BCUT2D eigenvalue weighted by molar-refractivity contribution is 5.96. The molecule has 1 aromatic rings. The molecule has 1 aromatic carbocycles. The zero-order valence-electron chi connectivity index (χ0n) is 17.2. The molecular weight excluding hydrogens is 389 g/mol. The molecule has 2 saturated heterocycles. The maximum absolute atomic E-state index is 13.2. The van der Waals surface area contributed by atoms with Crippen molar-refractivity contribution in [2.24, 2.45) is 5.92 Å². The van der Waals surface area contributed by atoms with Crippen LogP contribution in [0.25, 0.3) is 0 Å². The van der Waals surface area contributed by atoms with Gasteiger partial charge in [-0.25, -0.2) is 4.39 Å². The highest BCUT2D eigenvalue weighted by atomic mass is 19.1. The van der Waals surface area contributed by atoms with Crippen LogP contribution in [0.5, 0.6) is 5.75 Å². The number of phenols is 1. The van der Waals surface area contributed by atoms with Crippen molar-refractivity contribution in [3.63, 3.8) is 0 Å². The van der Waals surface area contributed by atoms with Crippen LogP contribution in [0, 0.1) is 11.7 Å². The number of halogens is 1. The minimum Gasteiger partial charge on any atom is -0.507 e. The summed E-state index contributed by atoms with van der Waals surface area (Å²) in [4.78, 5) is 29.5. The summed E-state index contributed by atoms with van der Waals surface area (Å²) in [6, 6.07) is 3.76. The lowest BCUT2D eigenvalue weighted by molar-refractivity contribution is -0.136. The Morgan fingerprint density at radius 1 is 1.13 bits per heavy atom. The summed E-state index contributed by atoms with van der Waals surface area (Å²) in [5.74, 6) is -0.480. The fraction of sp³-hybridized carbons (Fsp3) is 0.636. The number of nitrogens with one attached hydrogen (secondary N) is 1. The van der Waals surface area contributed by atoms with Gasteiger partial charge in [0.05, 0.1) is 18.8 Å². The number of morpholine rings is 1. The number of ether oxygens (including phenoxy) is 1. The number of hydrogen-bond acceptors (Lipinski definition) is 5. The Bertz CT molecular complexity index is 780. The van der Waals surface area contributed by atoms with Gasteiger partial charge >= 0.3 is 0 Å². The predicted molar refractivity (Wildman–Crippen MR) is 109 cm³/mol. The van der Waals surface area contributed by atoms with Crippen molar-refractivity contribution in [1.29, 1.82) is 0 Å². The van der Waals surface area contributed by atoms with E-state index in [4.69, 9.17) is 4.74 Å². The Labute approximate surface area is 176 Å². The van der Waals surface area contributed by atoms with Gasteiger partial charge in [0, 0.05) is 50.7 Å². The molecule has 0 bridgehead atoms. The van der Waals surface area contributed by atoms with Gasteiger partial charge in [0.2, 0.25) is 5.91 Å². The molecule has 2 N–H and O–H groups in total. The molecule has 0 spiro atoms. The minimum atomic E-state index is -0.580. The molecule has 3 aliphatic rings. The fourth-order valence-electron chi connectivity index (χ4n) is 4.50. The fourth-order valence-corrected chi connectivity index (χ4v) is 4.50. The molecule has 7 nitrogen and oxygen atoms in total. The van der Waals surface area contributed by atoms with Crippen LogP contribution in [0.3, 0.4) is 0 Å². The van der Waals surface area contributed by atoms with Gasteiger partial charge in [-0.15, -0.1) is 0 Å². The van der Waals surface area contributed by atoms with Gasteiger partial charge in [-0.1, -0.05) is 0 Å². The van der Waals surface area contributed by atoms with Gasteiger partial charge in [0.25, 0.3) is 5.91 Å². The summed E-state index contributed by atoms with van der Waals surface area (Å²) in [7, 11) is 0. The Kier molecular flexibility index (Phi) is 6.53. The third-order valence-electron chi connectivity index (χ3n) is 6.41. The first-order valence-electron chi connectivity index (χ1n) is 10.9. The van der Waals surface area contributed by atoms with Crippen molar-refractivity contribution in [2.75, 3.05) is 39.4 Å². The summed E-state index contributed by atoms with van der Waals surface area (Å²) >= 11 is 0. The lowest BCUT2D eigenvalue weighted by Gasteiger charge is -2.33. The minimum absolute atomic E-state index is 0.0715.